The van der Waals surface area contributed by atoms with Gasteiger partial charge in [-0.25, -0.2) is 0 Å². The third kappa shape index (κ3) is 4.25. The van der Waals surface area contributed by atoms with Gasteiger partial charge in [-0.05, 0) is 59.9 Å². The number of nitrogens with one attached hydrogen (secondary N) is 1. The smallest absolute Gasteiger partial charge is 0.237 e. The lowest BCUT2D eigenvalue weighted by Gasteiger charge is -2.18. The molecule has 7 heteroatoms. The molecule has 3 rings (SSSR count). The van der Waals surface area contributed by atoms with Crippen LogP contribution in [-0.4, -0.2) is 31.4 Å². The first-order valence-electron chi connectivity index (χ1n) is 9.30. The van der Waals surface area contributed by atoms with Crippen LogP contribution in [0, 0.1) is 13.8 Å². The molecular formula is C21H25N5OS. The van der Waals surface area contributed by atoms with Gasteiger partial charge in [0.05, 0.1) is 10.9 Å². The van der Waals surface area contributed by atoms with Gasteiger partial charge in [0.2, 0.25) is 11.1 Å². The fourth-order valence-corrected chi connectivity index (χ4v) is 3.78. The van der Waals surface area contributed by atoms with E-state index < -0.39 is 0 Å². The quantitative estimate of drug-likeness (QED) is 0.621. The van der Waals surface area contributed by atoms with Crippen molar-refractivity contribution < 1.29 is 4.79 Å². The molecule has 2 aromatic carbocycles. The van der Waals surface area contributed by atoms with E-state index in [9.17, 15) is 4.79 Å². The number of aryl methyl sites for hydroxylation is 2. The summed E-state index contributed by atoms with van der Waals surface area (Å²) in [6, 6.07) is 14.0. The molecule has 28 heavy (non-hydrogen) atoms. The summed E-state index contributed by atoms with van der Waals surface area (Å²) in [5.74, 6) is 0.257. The van der Waals surface area contributed by atoms with E-state index in [1.54, 1.807) is 4.68 Å². The Hall–Kier alpha value is -2.67. The van der Waals surface area contributed by atoms with Crippen molar-refractivity contribution in [3.8, 4) is 5.69 Å². The first kappa shape index (κ1) is 20.1. The minimum absolute atomic E-state index is 0.0690. The molecule has 0 unspecified atom stereocenters. The molecule has 1 amide bonds. The Kier molecular flexibility index (Phi) is 6.14. The van der Waals surface area contributed by atoms with E-state index in [1.807, 2.05) is 57.2 Å². The van der Waals surface area contributed by atoms with E-state index >= 15 is 0 Å². The number of carbonyl (C=O) groups excluding carboxylic acids is 1. The first-order chi connectivity index (χ1) is 13.4. The number of anilines is 1. The van der Waals surface area contributed by atoms with Gasteiger partial charge in [-0.1, -0.05) is 62.0 Å². The largest absolute Gasteiger partial charge is 0.325 e. The number of carbonyl (C=O) groups is 1. The molecule has 0 saturated carbocycles. The van der Waals surface area contributed by atoms with Gasteiger partial charge in [0.15, 0.2) is 0 Å². The minimum Gasteiger partial charge on any atom is -0.325 e. The van der Waals surface area contributed by atoms with E-state index in [2.05, 4.69) is 40.8 Å². The molecule has 0 aliphatic carbocycles. The molecule has 1 aromatic heterocycles. The van der Waals surface area contributed by atoms with Crippen molar-refractivity contribution in [2.45, 2.75) is 50.9 Å². The Labute approximate surface area is 169 Å². The molecule has 0 aliphatic rings. The van der Waals surface area contributed by atoms with Gasteiger partial charge in [0.1, 0.15) is 0 Å². The average Bonchev–Trinajstić information content (AvgIpc) is 3.11. The molecule has 1 heterocycles. The Morgan fingerprint density at radius 1 is 1.04 bits per heavy atom. The summed E-state index contributed by atoms with van der Waals surface area (Å²) in [5.41, 5.74) is 5.06. The van der Waals surface area contributed by atoms with E-state index in [0.717, 1.165) is 28.1 Å². The number of hydrogen-bond donors (Lipinski definition) is 1. The van der Waals surface area contributed by atoms with Crippen LogP contribution in [0.2, 0.25) is 0 Å². The average molecular weight is 396 g/mol. The molecule has 1 atom stereocenters. The lowest BCUT2D eigenvalue weighted by Crippen LogP contribution is -2.24. The standard InChI is InChI=1S/C21H25N5OS/c1-13(2)17-11-8-10-15(4)19(17)22-20(27)16(5)28-21-23-24-25-26(21)18-12-7-6-9-14(18)3/h6-13,16H,1-5H3,(H,22,27)/t16-/m0/s1. The topological polar surface area (TPSA) is 72.7 Å². The van der Waals surface area contributed by atoms with Crippen LogP contribution in [0.15, 0.2) is 47.6 Å². The summed E-state index contributed by atoms with van der Waals surface area (Å²) in [4.78, 5) is 12.9. The number of hydrogen-bond acceptors (Lipinski definition) is 5. The lowest BCUT2D eigenvalue weighted by molar-refractivity contribution is -0.115. The highest BCUT2D eigenvalue weighted by molar-refractivity contribution is 8.00. The normalized spacial score (nSPS) is 12.2. The van der Waals surface area contributed by atoms with E-state index in [0.29, 0.717) is 11.1 Å². The molecule has 1 N–H and O–H groups in total. The van der Waals surface area contributed by atoms with E-state index in [-0.39, 0.29) is 11.2 Å². The molecule has 146 valence electrons. The number of amides is 1. The third-order valence-corrected chi connectivity index (χ3v) is 5.64. The van der Waals surface area contributed by atoms with Gasteiger partial charge in [-0.15, -0.1) is 5.10 Å². The summed E-state index contributed by atoms with van der Waals surface area (Å²) >= 11 is 1.34. The number of nitrogens with zero attached hydrogens (tertiary/aromatic N) is 4. The number of para-hydroxylation sites is 2. The van der Waals surface area contributed by atoms with E-state index in [1.165, 1.54) is 11.8 Å². The zero-order chi connectivity index (χ0) is 20.3. The molecule has 3 aromatic rings. The van der Waals surface area contributed by atoms with Crippen LogP contribution in [-0.2, 0) is 4.79 Å². The SMILES string of the molecule is Cc1ccccc1-n1nnnc1S[C@@H](C)C(=O)Nc1c(C)cccc1C(C)C. The van der Waals surface area contributed by atoms with E-state index in [4.69, 9.17) is 0 Å². The maximum Gasteiger partial charge on any atom is 0.237 e. The number of benzene rings is 2. The molecule has 0 fully saturated rings. The predicted octanol–water partition coefficient (Wildman–Crippen LogP) is 4.52. The highest BCUT2D eigenvalue weighted by Gasteiger charge is 2.21. The first-order valence-corrected chi connectivity index (χ1v) is 10.2. The zero-order valence-electron chi connectivity index (χ0n) is 16.8. The fourth-order valence-electron chi connectivity index (χ4n) is 2.98. The van der Waals surface area contributed by atoms with Crippen molar-refractivity contribution in [1.29, 1.82) is 0 Å². The van der Waals surface area contributed by atoms with Crippen molar-refractivity contribution >= 4 is 23.4 Å². The van der Waals surface area contributed by atoms with Gasteiger partial charge in [-0.3, -0.25) is 4.79 Å². The van der Waals surface area contributed by atoms with Crippen LogP contribution in [0.3, 0.4) is 0 Å². The summed E-state index contributed by atoms with van der Waals surface area (Å²) in [7, 11) is 0. The monoisotopic (exact) mass is 395 g/mol. The number of thioether (sulfide) groups is 1. The Morgan fingerprint density at radius 2 is 1.75 bits per heavy atom. The van der Waals surface area contributed by atoms with Crippen molar-refractivity contribution in [2.24, 2.45) is 0 Å². The fraction of sp³-hybridized carbons (Fsp3) is 0.333. The van der Waals surface area contributed by atoms with Crippen LogP contribution in [0.25, 0.3) is 5.69 Å². The summed E-state index contributed by atoms with van der Waals surface area (Å²) < 4.78 is 1.68. The third-order valence-electron chi connectivity index (χ3n) is 4.61. The van der Waals surface area contributed by atoms with Gasteiger partial charge >= 0.3 is 0 Å². The second-order valence-electron chi connectivity index (χ2n) is 7.10. The second kappa shape index (κ2) is 8.56. The highest BCUT2D eigenvalue weighted by Crippen LogP contribution is 2.29. The van der Waals surface area contributed by atoms with Crippen LogP contribution >= 0.6 is 11.8 Å². The molecule has 6 nitrogen and oxygen atoms in total. The number of aromatic nitrogens is 4. The van der Waals surface area contributed by atoms with Gasteiger partial charge in [-0.2, -0.15) is 4.68 Å². The minimum atomic E-state index is -0.353. The van der Waals surface area contributed by atoms with Crippen LogP contribution < -0.4 is 5.32 Å². The summed E-state index contributed by atoms with van der Waals surface area (Å²) in [6.07, 6.45) is 0. The molecule has 0 saturated heterocycles. The zero-order valence-corrected chi connectivity index (χ0v) is 17.6. The van der Waals surface area contributed by atoms with Gasteiger partial charge in [0.25, 0.3) is 0 Å². The van der Waals surface area contributed by atoms with Crippen LogP contribution in [0.5, 0.6) is 0 Å². The maximum absolute atomic E-state index is 12.9. The van der Waals surface area contributed by atoms with Crippen molar-refractivity contribution in [3.05, 3.63) is 59.2 Å². The van der Waals surface area contributed by atoms with Crippen molar-refractivity contribution in [3.63, 3.8) is 0 Å². The maximum atomic E-state index is 12.9. The number of tetrazole rings is 1. The van der Waals surface area contributed by atoms with Gasteiger partial charge < -0.3 is 5.32 Å². The molecule has 0 radical (unpaired) electrons. The second-order valence-corrected chi connectivity index (χ2v) is 8.41. The summed E-state index contributed by atoms with van der Waals surface area (Å²) in [6.45, 7) is 10.1. The number of rotatable bonds is 6. The molecule has 0 bridgehead atoms. The lowest BCUT2D eigenvalue weighted by atomic mass is 9.98. The summed E-state index contributed by atoms with van der Waals surface area (Å²) in [5, 5.41) is 15.3. The highest BCUT2D eigenvalue weighted by atomic mass is 32.2. The van der Waals surface area contributed by atoms with Gasteiger partial charge in [0, 0.05) is 5.69 Å². The Morgan fingerprint density at radius 3 is 2.46 bits per heavy atom. The molecule has 0 spiro atoms. The Bertz CT molecular complexity index is 982. The van der Waals surface area contributed by atoms with Crippen molar-refractivity contribution in [2.75, 3.05) is 5.32 Å². The predicted molar refractivity (Wildman–Crippen MR) is 113 cm³/mol. The van der Waals surface area contributed by atoms with Crippen LogP contribution in [0.4, 0.5) is 5.69 Å². The Balaban J connectivity index is 1.79. The molecular weight excluding hydrogens is 370 g/mol. The van der Waals surface area contributed by atoms with Crippen LogP contribution in [0.1, 0.15) is 43.4 Å². The molecule has 0 aliphatic heterocycles. The van der Waals surface area contributed by atoms with Crippen molar-refractivity contribution in [1.82, 2.24) is 20.2 Å².